The van der Waals surface area contributed by atoms with Crippen LogP contribution >= 0.6 is 0 Å². The predicted octanol–water partition coefficient (Wildman–Crippen LogP) is 2.94. The first kappa shape index (κ1) is 15.0. The second-order valence-corrected chi connectivity index (χ2v) is 4.68. The summed E-state index contributed by atoms with van der Waals surface area (Å²) in [5.74, 6) is 1.45. The molecule has 1 atom stereocenters. The Balaban J connectivity index is 2.41. The monoisotopic (exact) mass is 251 g/mol. The molecule has 0 spiro atoms. The Labute approximate surface area is 110 Å². The molecule has 1 aromatic carbocycles. The van der Waals surface area contributed by atoms with E-state index in [1.807, 2.05) is 19.1 Å². The van der Waals surface area contributed by atoms with Crippen LogP contribution in [-0.4, -0.2) is 25.9 Å². The van der Waals surface area contributed by atoms with Crippen molar-refractivity contribution in [2.24, 2.45) is 5.73 Å². The highest BCUT2D eigenvalue weighted by Crippen LogP contribution is 2.20. The minimum Gasteiger partial charge on any atom is -0.493 e. The van der Waals surface area contributed by atoms with Gasteiger partial charge in [0.1, 0.15) is 5.75 Å². The molecule has 102 valence electrons. The van der Waals surface area contributed by atoms with Gasteiger partial charge in [0, 0.05) is 19.6 Å². The summed E-state index contributed by atoms with van der Waals surface area (Å²) in [5.41, 5.74) is 6.92. The summed E-state index contributed by atoms with van der Waals surface area (Å²) >= 11 is 0. The van der Waals surface area contributed by atoms with E-state index in [4.69, 9.17) is 15.2 Å². The van der Waals surface area contributed by atoms with Gasteiger partial charge < -0.3 is 15.2 Å². The molecule has 0 saturated heterocycles. The molecule has 0 fully saturated rings. The molecule has 0 aliphatic carbocycles. The standard InChI is InChI=1S/C15H25NO2/c1-4-17-15(11-16)8-9-18-14-7-5-6-13(10-14)12(2)3/h5-7,10,12,15H,4,8-9,11,16H2,1-3H3. The second kappa shape index (κ2) is 8.11. The molecule has 1 aromatic rings. The second-order valence-electron chi connectivity index (χ2n) is 4.68. The Morgan fingerprint density at radius 1 is 1.28 bits per heavy atom. The van der Waals surface area contributed by atoms with Gasteiger partial charge in [0.05, 0.1) is 12.7 Å². The molecule has 0 bridgehead atoms. The maximum Gasteiger partial charge on any atom is 0.119 e. The highest BCUT2D eigenvalue weighted by Gasteiger charge is 2.06. The van der Waals surface area contributed by atoms with Crippen molar-refractivity contribution in [3.05, 3.63) is 29.8 Å². The molecule has 0 amide bonds. The van der Waals surface area contributed by atoms with E-state index in [1.54, 1.807) is 0 Å². The topological polar surface area (TPSA) is 44.5 Å². The lowest BCUT2D eigenvalue weighted by Gasteiger charge is -2.15. The van der Waals surface area contributed by atoms with E-state index in [2.05, 4.69) is 26.0 Å². The first-order valence-corrected chi connectivity index (χ1v) is 6.71. The van der Waals surface area contributed by atoms with Crippen LogP contribution < -0.4 is 10.5 Å². The summed E-state index contributed by atoms with van der Waals surface area (Å²) in [7, 11) is 0. The molecule has 0 radical (unpaired) electrons. The van der Waals surface area contributed by atoms with Gasteiger partial charge in [-0.1, -0.05) is 26.0 Å². The minimum absolute atomic E-state index is 0.100. The fourth-order valence-electron chi connectivity index (χ4n) is 1.78. The number of hydrogen-bond donors (Lipinski definition) is 1. The van der Waals surface area contributed by atoms with E-state index < -0.39 is 0 Å². The van der Waals surface area contributed by atoms with E-state index in [-0.39, 0.29) is 6.10 Å². The number of nitrogens with two attached hydrogens (primary N) is 1. The minimum atomic E-state index is 0.100. The zero-order valence-electron chi connectivity index (χ0n) is 11.7. The van der Waals surface area contributed by atoms with Gasteiger partial charge in [-0.15, -0.1) is 0 Å². The van der Waals surface area contributed by atoms with Crippen LogP contribution in [0.4, 0.5) is 0 Å². The molecule has 3 heteroatoms. The van der Waals surface area contributed by atoms with Gasteiger partial charge in [-0.05, 0) is 30.5 Å². The lowest BCUT2D eigenvalue weighted by molar-refractivity contribution is 0.0527. The lowest BCUT2D eigenvalue weighted by atomic mass is 10.0. The number of rotatable bonds is 8. The average molecular weight is 251 g/mol. The van der Waals surface area contributed by atoms with Crippen molar-refractivity contribution in [2.45, 2.75) is 39.2 Å². The molecule has 3 nitrogen and oxygen atoms in total. The van der Waals surface area contributed by atoms with Crippen LogP contribution in [0.3, 0.4) is 0 Å². The van der Waals surface area contributed by atoms with Crippen molar-refractivity contribution in [1.29, 1.82) is 0 Å². The zero-order valence-corrected chi connectivity index (χ0v) is 11.7. The zero-order chi connectivity index (χ0) is 13.4. The quantitative estimate of drug-likeness (QED) is 0.772. The summed E-state index contributed by atoms with van der Waals surface area (Å²) in [6, 6.07) is 8.25. The number of benzene rings is 1. The van der Waals surface area contributed by atoms with Crippen molar-refractivity contribution >= 4 is 0 Å². The van der Waals surface area contributed by atoms with E-state index in [0.717, 1.165) is 12.2 Å². The average Bonchev–Trinajstić information content (AvgIpc) is 2.38. The van der Waals surface area contributed by atoms with Gasteiger partial charge >= 0.3 is 0 Å². The van der Waals surface area contributed by atoms with Gasteiger partial charge in [0.25, 0.3) is 0 Å². The number of hydrogen-bond acceptors (Lipinski definition) is 3. The van der Waals surface area contributed by atoms with E-state index >= 15 is 0 Å². The van der Waals surface area contributed by atoms with Crippen LogP contribution in [0.25, 0.3) is 0 Å². The van der Waals surface area contributed by atoms with E-state index in [1.165, 1.54) is 5.56 Å². The van der Waals surface area contributed by atoms with Crippen molar-refractivity contribution in [3.63, 3.8) is 0 Å². The van der Waals surface area contributed by atoms with Crippen LogP contribution in [0.5, 0.6) is 5.75 Å². The van der Waals surface area contributed by atoms with Crippen LogP contribution in [0.1, 0.15) is 38.7 Å². The summed E-state index contributed by atoms with van der Waals surface area (Å²) < 4.78 is 11.2. The Bertz CT molecular complexity index is 339. The molecule has 0 aliphatic rings. The molecule has 0 heterocycles. The fourth-order valence-corrected chi connectivity index (χ4v) is 1.78. The van der Waals surface area contributed by atoms with Gasteiger partial charge in [-0.2, -0.15) is 0 Å². The van der Waals surface area contributed by atoms with Crippen molar-refractivity contribution in [2.75, 3.05) is 19.8 Å². The third-order valence-electron chi connectivity index (χ3n) is 2.90. The molecule has 1 unspecified atom stereocenters. The van der Waals surface area contributed by atoms with Crippen molar-refractivity contribution in [3.8, 4) is 5.75 Å². The van der Waals surface area contributed by atoms with E-state index in [0.29, 0.717) is 25.7 Å². The maximum absolute atomic E-state index is 5.74. The van der Waals surface area contributed by atoms with Gasteiger partial charge in [0.2, 0.25) is 0 Å². The van der Waals surface area contributed by atoms with Gasteiger partial charge in [0.15, 0.2) is 0 Å². The lowest BCUT2D eigenvalue weighted by Crippen LogP contribution is -2.25. The largest absolute Gasteiger partial charge is 0.493 e. The van der Waals surface area contributed by atoms with Gasteiger partial charge in [-0.25, -0.2) is 0 Å². The SMILES string of the molecule is CCOC(CN)CCOc1cccc(C(C)C)c1. The molecule has 2 N–H and O–H groups in total. The van der Waals surface area contributed by atoms with Crippen LogP contribution in [0.2, 0.25) is 0 Å². The maximum atomic E-state index is 5.74. The van der Waals surface area contributed by atoms with Crippen LogP contribution in [0, 0.1) is 0 Å². The highest BCUT2D eigenvalue weighted by atomic mass is 16.5. The molecular formula is C15H25NO2. The van der Waals surface area contributed by atoms with Crippen LogP contribution in [-0.2, 0) is 4.74 Å². The van der Waals surface area contributed by atoms with Gasteiger partial charge in [-0.3, -0.25) is 0 Å². The summed E-state index contributed by atoms with van der Waals surface area (Å²) in [4.78, 5) is 0. The summed E-state index contributed by atoms with van der Waals surface area (Å²) in [6.45, 7) is 8.23. The smallest absolute Gasteiger partial charge is 0.119 e. The van der Waals surface area contributed by atoms with Crippen molar-refractivity contribution in [1.82, 2.24) is 0 Å². The molecule has 0 aliphatic heterocycles. The Kier molecular flexibility index (Phi) is 6.76. The highest BCUT2D eigenvalue weighted by molar-refractivity contribution is 5.30. The molecule has 0 saturated carbocycles. The Morgan fingerprint density at radius 2 is 2.06 bits per heavy atom. The molecular weight excluding hydrogens is 226 g/mol. The van der Waals surface area contributed by atoms with Crippen LogP contribution in [0.15, 0.2) is 24.3 Å². The molecule has 0 aromatic heterocycles. The third-order valence-corrected chi connectivity index (χ3v) is 2.90. The third kappa shape index (κ3) is 5.07. The Morgan fingerprint density at radius 3 is 2.67 bits per heavy atom. The number of ether oxygens (including phenoxy) is 2. The molecule has 1 rings (SSSR count). The molecule has 18 heavy (non-hydrogen) atoms. The first-order chi connectivity index (χ1) is 8.67. The Hall–Kier alpha value is -1.06. The summed E-state index contributed by atoms with van der Waals surface area (Å²) in [6.07, 6.45) is 0.930. The first-order valence-electron chi connectivity index (χ1n) is 6.71. The predicted molar refractivity (Wildman–Crippen MR) is 75.1 cm³/mol. The van der Waals surface area contributed by atoms with E-state index in [9.17, 15) is 0 Å². The fraction of sp³-hybridized carbons (Fsp3) is 0.600. The van der Waals surface area contributed by atoms with Crippen molar-refractivity contribution < 1.29 is 9.47 Å². The normalized spacial score (nSPS) is 12.7. The summed E-state index contributed by atoms with van der Waals surface area (Å²) in [5, 5.41) is 0.